The van der Waals surface area contributed by atoms with Gasteiger partial charge in [0, 0.05) is 25.2 Å². The molecule has 21 heavy (non-hydrogen) atoms. The highest BCUT2D eigenvalue weighted by molar-refractivity contribution is 5.93. The molecule has 0 radical (unpaired) electrons. The van der Waals surface area contributed by atoms with Crippen LogP contribution < -0.4 is 5.32 Å². The summed E-state index contributed by atoms with van der Waals surface area (Å²) >= 11 is 0. The van der Waals surface area contributed by atoms with Crippen molar-refractivity contribution >= 4 is 11.7 Å². The third-order valence-corrected chi connectivity index (χ3v) is 4.49. The molecule has 0 bridgehead atoms. The van der Waals surface area contributed by atoms with E-state index in [1.165, 1.54) is 44.9 Å². The van der Waals surface area contributed by atoms with Crippen LogP contribution >= 0.6 is 0 Å². The van der Waals surface area contributed by atoms with Gasteiger partial charge in [0.15, 0.2) is 0 Å². The van der Waals surface area contributed by atoms with Gasteiger partial charge in [0.25, 0.3) is 5.91 Å². The number of carbonyl (C=O) groups is 1. The molecule has 1 saturated carbocycles. The lowest BCUT2D eigenvalue weighted by atomic mass is 10.1. The number of carbonyl (C=O) groups excluding carboxylic acids is 1. The molecule has 1 aliphatic carbocycles. The molecule has 2 aliphatic rings. The number of nitrogens with zero attached hydrogens (tertiary/aromatic N) is 3. The van der Waals surface area contributed by atoms with Gasteiger partial charge in [-0.05, 0) is 25.7 Å². The fourth-order valence-corrected chi connectivity index (χ4v) is 3.27. The normalized spacial score (nSPS) is 20.3. The summed E-state index contributed by atoms with van der Waals surface area (Å²) in [5, 5.41) is 3.48. The molecule has 2 heterocycles. The summed E-state index contributed by atoms with van der Waals surface area (Å²) in [5.41, 5.74) is 0.517. The van der Waals surface area contributed by atoms with Gasteiger partial charge in [0.2, 0.25) is 0 Å². The Morgan fingerprint density at radius 1 is 1.05 bits per heavy atom. The van der Waals surface area contributed by atoms with Gasteiger partial charge >= 0.3 is 0 Å². The SMILES string of the molecule is O=C(c1cc(NC2CCCCCC2)ncn1)N1CCCC1. The highest BCUT2D eigenvalue weighted by Crippen LogP contribution is 2.21. The fourth-order valence-electron chi connectivity index (χ4n) is 3.27. The summed E-state index contributed by atoms with van der Waals surface area (Å²) in [6.07, 6.45) is 11.3. The van der Waals surface area contributed by atoms with Crippen LogP contribution in [0.4, 0.5) is 5.82 Å². The molecule has 1 N–H and O–H groups in total. The first-order chi connectivity index (χ1) is 10.3. The highest BCUT2D eigenvalue weighted by atomic mass is 16.2. The number of hydrogen-bond donors (Lipinski definition) is 1. The van der Waals surface area contributed by atoms with Crippen LogP contribution in [-0.2, 0) is 0 Å². The predicted octanol–water partition coefficient (Wildman–Crippen LogP) is 2.85. The van der Waals surface area contributed by atoms with Crippen LogP contribution in [0.15, 0.2) is 12.4 Å². The molecule has 1 amide bonds. The second-order valence-corrected chi connectivity index (χ2v) is 6.12. The summed E-state index contributed by atoms with van der Waals surface area (Å²) in [4.78, 5) is 22.7. The maximum Gasteiger partial charge on any atom is 0.272 e. The van der Waals surface area contributed by atoms with Gasteiger partial charge in [-0.15, -0.1) is 0 Å². The lowest BCUT2D eigenvalue weighted by Crippen LogP contribution is -2.28. The lowest BCUT2D eigenvalue weighted by molar-refractivity contribution is 0.0787. The molecule has 5 nitrogen and oxygen atoms in total. The van der Waals surface area contributed by atoms with Crippen molar-refractivity contribution in [2.24, 2.45) is 0 Å². The maximum absolute atomic E-state index is 12.4. The zero-order valence-corrected chi connectivity index (χ0v) is 12.6. The monoisotopic (exact) mass is 288 g/mol. The molecule has 3 rings (SSSR count). The second-order valence-electron chi connectivity index (χ2n) is 6.12. The van der Waals surface area contributed by atoms with Gasteiger partial charge in [-0.3, -0.25) is 4.79 Å². The average molecular weight is 288 g/mol. The number of rotatable bonds is 3. The molecule has 114 valence electrons. The first-order valence-electron chi connectivity index (χ1n) is 8.21. The fraction of sp³-hybridized carbons (Fsp3) is 0.688. The molecule has 0 unspecified atom stereocenters. The van der Waals surface area contributed by atoms with Crippen molar-refractivity contribution in [3.8, 4) is 0 Å². The average Bonchev–Trinajstić information content (AvgIpc) is 2.93. The Bertz CT molecular complexity index is 477. The molecule has 5 heteroatoms. The van der Waals surface area contributed by atoms with Crippen molar-refractivity contribution in [3.63, 3.8) is 0 Å². The molecule has 1 aliphatic heterocycles. The Balaban J connectivity index is 1.66. The van der Waals surface area contributed by atoms with Gasteiger partial charge in [0.05, 0.1) is 0 Å². The first kappa shape index (κ1) is 14.3. The van der Waals surface area contributed by atoms with E-state index in [4.69, 9.17) is 0 Å². The molecule has 1 saturated heterocycles. The van der Waals surface area contributed by atoms with Crippen LogP contribution in [0.5, 0.6) is 0 Å². The molecule has 2 fully saturated rings. The van der Waals surface area contributed by atoms with Gasteiger partial charge in [-0.2, -0.15) is 0 Å². The van der Waals surface area contributed by atoms with E-state index >= 15 is 0 Å². The zero-order valence-electron chi connectivity index (χ0n) is 12.6. The van der Waals surface area contributed by atoms with E-state index in [-0.39, 0.29) is 5.91 Å². The third-order valence-electron chi connectivity index (χ3n) is 4.49. The number of anilines is 1. The Hall–Kier alpha value is -1.65. The Morgan fingerprint density at radius 2 is 1.76 bits per heavy atom. The minimum Gasteiger partial charge on any atom is -0.367 e. The molecule has 1 aromatic heterocycles. The molecule has 0 spiro atoms. The van der Waals surface area contributed by atoms with Crippen molar-refractivity contribution in [1.82, 2.24) is 14.9 Å². The predicted molar refractivity (Wildman–Crippen MR) is 82.3 cm³/mol. The van der Waals surface area contributed by atoms with Crippen molar-refractivity contribution < 1.29 is 4.79 Å². The number of likely N-dealkylation sites (tertiary alicyclic amines) is 1. The summed E-state index contributed by atoms with van der Waals surface area (Å²) in [6.45, 7) is 1.71. The van der Waals surface area contributed by atoms with Crippen LogP contribution in [0.3, 0.4) is 0 Å². The van der Waals surface area contributed by atoms with Crippen LogP contribution in [0.1, 0.15) is 61.9 Å². The number of aromatic nitrogens is 2. The van der Waals surface area contributed by atoms with E-state index in [9.17, 15) is 4.79 Å². The van der Waals surface area contributed by atoms with E-state index in [0.717, 1.165) is 31.7 Å². The lowest BCUT2D eigenvalue weighted by Gasteiger charge is -2.18. The van der Waals surface area contributed by atoms with Gasteiger partial charge in [-0.1, -0.05) is 25.7 Å². The van der Waals surface area contributed by atoms with E-state index < -0.39 is 0 Å². The first-order valence-corrected chi connectivity index (χ1v) is 8.21. The van der Waals surface area contributed by atoms with Crippen molar-refractivity contribution in [3.05, 3.63) is 18.1 Å². The minimum atomic E-state index is 0.0406. The quantitative estimate of drug-likeness (QED) is 0.869. The van der Waals surface area contributed by atoms with E-state index in [0.29, 0.717) is 11.7 Å². The number of amides is 1. The maximum atomic E-state index is 12.4. The van der Waals surface area contributed by atoms with E-state index in [1.807, 2.05) is 11.0 Å². The summed E-state index contributed by atoms with van der Waals surface area (Å²) in [6, 6.07) is 2.29. The summed E-state index contributed by atoms with van der Waals surface area (Å²) in [7, 11) is 0. The van der Waals surface area contributed by atoms with Crippen molar-refractivity contribution in [2.75, 3.05) is 18.4 Å². The summed E-state index contributed by atoms with van der Waals surface area (Å²) < 4.78 is 0. The van der Waals surface area contributed by atoms with Crippen LogP contribution in [0.2, 0.25) is 0 Å². The van der Waals surface area contributed by atoms with Gasteiger partial charge < -0.3 is 10.2 Å². The Labute approximate surface area is 126 Å². The molecule has 0 atom stereocenters. The van der Waals surface area contributed by atoms with Crippen molar-refractivity contribution in [2.45, 2.75) is 57.4 Å². The molecular weight excluding hydrogens is 264 g/mol. The largest absolute Gasteiger partial charge is 0.367 e. The van der Waals surface area contributed by atoms with E-state index in [2.05, 4.69) is 15.3 Å². The number of nitrogens with one attached hydrogen (secondary N) is 1. The topological polar surface area (TPSA) is 58.1 Å². The van der Waals surface area contributed by atoms with Crippen LogP contribution in [-0.4, -0.2) is 39.9 Å². The molecule has 1 aromatic rings. The van der Waals surface area contributed by atoms with Crippen LogP contribution in [0.25, 0.3) is 0 Å². The number of hydrogen-bond acceptors (Lipinski definition) is 4. The van der Waals surface area contributed by atoms with Gasteiger partial charge in [-0.25, -0.2) is 9.97 Å². The molecular formula is C16H24N4O. The van der Waals surface area contributed by atoms with Gasteiger partial charge in [0.1, 0.15) is 17.8 Å². The standard InChI is InChI=1S/C16H24N4O/c21-16(20-9-5-6-10-20)14-11-15(18-12-17-14)19-13-7-3-1-2-4-8-13/h11-13H,1-10H2,(H,17,18,19). The molecule has 0 aromatic carbocycles. The minimum absolute atomic E-state index is 0.0406. The zero-order chi connectivity index (χ0) is 14.5. The smallest absolute Gasteiger partial charge is 0.272 e. The highest BCUT2D eigenvalue weighted by Gasteiger charge is 2.21. The Morgan fingerprint density at radius 3 is 2.48 bits per heavy atom. The Kier molecular flexibility index (Phi) is 4.68. The summed E-state index contributed by atoms with van der Waals surface area (Å²) in [5.74, 6) is 0.832. The second kappa shape index (κ2) is 6.87. The third kappa shape index (κ3) is 3.71. The van der Waals surface area contributed by atoms with Crippen LogP contribution in [0, 0.1) is 0 Å². The van der Waals surface area contributed by atoms with E-state index in [1.54, 1.807) is 0 Å². The van der Waals surface area contributed by atoms with Crippen molar-refractivity contribution in [1.29, 1.82) is 0 Å².